The van der Waals surface area contributed by atoms with Crippen LogP contribution in [0.25, 0.3) is 0 Å². The summed E-state index contributed by atoms with van der Waals surface area (Å²) in [5.41, 5.74) is -1.13. The first-order valence-corrected chi connectivity index (χ1v) is 5.01. The number of aliphatic carboxylic acids is 1. The number of hydrogen-bond donors (Lipinski definition) is 2. The zero-order valence-electron chi connectivity index (χ0n) is 8.75. The third-order valence-electron chi connectivity index (χ3n) is 2.03. The number of carbonyl (C=O) groups is 1. The molecule has 8 heteroatoms. The minimum absolute atomic E-state index is 0.158. The van der Waals surface area contributed by atoms with E-state index < -0.39 is 11.6 Å². The van der Waals surface area contributed by atoms with Gasteiger partial charge in [0.05, 0.1) is 18.1 Å². The van der Waals surface area contributed by atoms with Crippen molar-refractivity contribution in [2.75, 3.05) is 5.32 Å². The van der Waals surface area contributed by atoms with E-state index in [1.165, 1.54) is 18.5 Å². The highest BCUT2D eigenvalue weighted by molar-refractivity contribution is 6.29. The average molecular weight is 254 g/mol. The summed E-state index contributed by atoms with van der Waals surface area (Å²) in [6.07, 6.45) is 4.09. The van der Waals surface area contributed by atoms with Crippen molar-refractivity contribution < 1.29 is 9.90 Å². The zero-order valence-corrected chi connectivity index (χ0v) is 9.51. The third kappa shape index (κ3) is 2.23. The lowest BCUT2D eigenvalue weighted by molar-refractivity contribution is -0.140. The Labute approximate surface area is 101 Å². The number of rotatable bonds is 3. The van der Waals surface area contributed by atoms with E-state index in [4.69, 9.17) is 11.6 Å². The monoisotopic (exact) mass is 253 g/mol. The molecule has 1 aromatic heterocycles. The molecule has 1 aliphatic rings. The van der Waals surface area contributed by atoms with Gasteiger partial charge in [-0.15, -0.1) is 5.11 Å². The number of carboxylic acid groups (broad SMARTS) is 1. The van der Waals surface area contributed by atoms with Gasteiger partial charge in [-0.25, -0.2) is 9.78 Å². The molecule has 0 radical (unpaired) electrons. The second kappa shape index (κ2) is 4.10. The molecule has 0 spiro atoms. The smallest absolute Gasteiger partial charge is 0.358 e. The van der Waals surface area contributed by atoms with Gasteiger partial charge in [0, 0.05) is 0 Å². The van der Waals surface area contributed by atoms with E-state index in [1.54, 1.807) is 6.92 Å². The number of halogens is 1. The molecule has 0 aliphatic carbocycles. The van der Waals surface area contributed by atoms with Gasteiger partial charge in [0.2, 0.25) is 0 Å². The molecule has 0 fully saturated rings. The van der Waals surface area contributed by atoms with Crippen LogP contribution >= 0.6 is 11.6 Å². The summed E-state index contributed by atoms with van der Waals surface area (Å²) in [7, 11) is 0. The topological polar surface area (TPSA) is 99.8 Å². The Morgan fingerprint density at radius 3 is 2.82 bits per heavy atom. The van der Waals surface area contributed by atoms with Crippen molar-refractivity contribution in [3.63, 3.8) is 0 Å². The number of aromatic nitrogens is 2. The summed E-state index contributed by atoms with van der Waals surface area (Å²) < 4.78 is 0. The number of azo groups is 1. The van der Waals surface area contributed by atoms with Gasteiger partial charge in [0.15, 0.2) is 0 Å². The van der Waals surface area contributed by atoms with E-state index in [0.29, 0.717) is 5.70 Å². The normalized spacial score (nSPS) is 22.4. The fraction of sp³-hybridized carbons (Fsp3) is 0.222. The molecule has 0 saturated heterocycles. The molecule has 0 saturated carbocycles. The maximum Gasteiger partial charge on any atom is 0.358 e. The van der Waals surface area contributed by atoms with Crippen molar-refractivity contribution in [2.45, 2.75) is 12.6 Å². The van der Waals surface area contributed by atoms with E-state index in [1.807, 2.05) is 0 Å². The molecule has 2 heterocycles. The summed E-state index contributed by atoms with van der Waals surface area (Å²) >= 11 is 5.65. The predicted molar refractivity (Wildman–Crippen MR) is 59.6 cm³/mol. The molecule has 0 aromatic carbocycles. The van der Waals surface area contributed by atoms with Crippen LogP contribution in [0.4, 0.5) is 5.82 Å². The van der Waals surface area contributed by atoms with Crippen LogP contribution in [0, 0.1) is 0 Å². The number of anilines is 1. The number of carboxylic acids is 1. The van der Waals surface area contributed by atoms with Crippen molar-refractivity contribution in [1.82, 2.24) is 9.97 Å². The van der Waals surface area contributed by atoms with Gasteiger partial charge >= 0.3 is 5.97 Å². The molecule has 0 amide bonds. The van der Waals surface area contributed by atoms with Crippen molar-refractivity contribution in [3.05, 3.63) is 29.3 Å². The Morgan fingerprint density at radius 1 is 1.53 bits per heavy atom. The highest BCUT2D eigenvalue weighted by atomic mass is 35.5. The standard InChI is InChI=1S/C9H8ClN5O2/c1-5-2-9(8(16)17,15-14-5)13-7-4-11-3-6(10)12-7/h2-4H,1H3,(H,12,13)(H,16,17). The fourth-order valence-electron chi connectivity index (χ4n) is 1.33. The minimum Gasteiger partial charge on any atom is -0.478 e. The SMILES string of the molecule is CC1=CC(Nc2cncc(Cl)n2)(C(=O)O)N=N1. The molecule has 2 rings (SSSR count). The summed E-state index contributed by atoms with van der Waals surface area (Å²) in [6.45, 7) is 1.65. The molecule has 1 atom stereocenters. The van der Waals surface area contributed by atoms with Gasteiger partial charge in [-0.05, 0) is 13.0 Å². The first-order chi connectivity index (χ1) is 8.02. The summed E-state index contributed by atoms with van der Waals surface area (Å²) in [4.78, 5) is 18.9. The third-order valence-corrected chi connectivity index (χ3v) is 2.22. The second-order valence-corrected chi connectivity index (χ2v) is 3.80. The van der Waals surface area contributed by atoms with Crippen molar-refractivity contribution in [2.24, 2.45) is 10.2 Å². The summed E-state index contributed by atoms with van der Waals surface area (Å²) in [6, 6.07) is 0. The first kappa shape index (κ1) is 11.5. The van der Waals surface area contributed by atoms with Crippen LogP contribution in [0.1, 0.15) is 6.92 Å². The van der Waals surface area contributed by atoms with Gasteiger partial charge in [0.25, 0.3) is 5.66 Å². The summed E-state index contributed by atoms with van der Waals surface area (Å²) in [5.74, 6) is -0.968. The quantitative estimate of drug-likeness (QED) is 0.854. The number of nitrogens with zero attached hydrogens (tertiary/aromatic N) is 4. The van der Waals surface area contributed by atoms with Crippen molar-refractivity contribution >= 4 is 23.4 Å². The van der Waals surface area contributed by atoms with Crippen LogP contribution < -0.4 is 5.32 Å². The number of nitrogens with one attached hydrogen (secondary N) is 1. The lowest BCUT2D eigenvalue weighted by Gasteiger charge is -2.19. The van der Waals surface area contributed by atoms with Crippen LogP contribution in [0.3, 0.4) is 0 Å². The van der Waals surface area contributed by atoms with Crippen LogP contribution in [-0.4, -0.2) is 26.7 Å². The molecule has 88 valence electrons. The molecular formula is C9H8ClN5O2. The van der Waals surface area contributed by atoms with Gasteiger partial charge in [-0.1, -0.05) is 11.6 Å². The van der Waals surface area contributed by atoms with E-state index in [2.05, 4.69) is 25.5 Å². The fourth-order valence-corrected chi connectivity index (χ4v) is 1.48. The minimum atomic E-state index is -1.64. The largest absolute Gasteiger partial charge is 0.478 e. The highest BCUT2D eigenvalue weighted by Gasteiger charge is 2.40. The molecule has 0 bridgehead atoms. The van der Waals surface area contributed by atoms with Crippen molar-refractivity contribution in [1.29, 1.82) is 0 Å². The second-order valence-electron chi connectivity index (χ2n) is 3.41. The van der Waals surface area contributed by atoms with E-state index in [0.717, 1.165) is 0 Å². The lowest BCUT2D eigenvalue weighted by atomic mass is 10.1. The maximum atomic E-state index is 11.2. The first-order valence-electron chi connectivity index (χ1n) is 4.63. The number of hydrogen-bond acceptors (Lipinski definition) is 6. The zero-order chi connectivity index (χ0) is 12.5. The average Bonchev–Trinajstić information content (AvgIpc) is 2.61. The number of allylic oxidation sites excluding steroid dienone is 1. The Hall–Kier alpha value is -2.02. The Kier molecular flexibility index (Phi) is 2.76. The highest BCUT2D eigenvalue weighted by Crippen LogP contribution is 2.25. The van der Waals surface area contributed by atoms with Gasteiger partial charge in [-0.2, -0.15) is 5.11 Å². The van der Waals surface area contributed by atoms with Crippen LogP contribution in [0.15, 0.2) is 34.4 Å². The van der Waals surface area contributed by atoms with Crippen LogP contribution in [0.5, 0.6) is 0 Å². The Bertz CT molecular complexity index is 530. The van der Waals surface area contributed by atoms with Gasteiger partial charge in [-0.3, -0.25) is 4.98 Å². The van der Waals surface area contributed by atoms with Crippen LogP contribution in [-0.2, 0) is 4.79 Å². The molecule has 1 unspecified atom stereocenters. The molecule has 2 N–H and O–H groups in total. The summed E-state index contributed by atoms with van der Waals surface area (Å²) in [5, 5.41) is 19.3. The van der Waals surface area contributed by atoms with Gasteiger partial charge in [0.1, 0.15) is 11.0 Å². The molecule has 1 aliphatic heterocycles. The maximum absolute atomic E-state index is 11.2. The van der Waals surface area contributed by atoms with Gasteiger partial charge < -0.3 is 10.4 Å². The predicted octanol–water partition coefficient (Wildman–Crippen LogP) is 1.69. The molecular weight excluding hydrogens is 246 g/mol. The van der Waals surface area contributed by atoms with E-state index >= 15 is 0 Å². The van der Waals surface area contributed by atoms with E-state index in [9.17, 15) is 9.90 Å². The molecule has 7 nitrogen and oxygen atoms in total. The van der Waals surface area contributed by atoms with E-state index in [-0.39, 0.29) is 11.0 Å². The Balaban J connectivity index is 2.33. The molecule has 1 aromatic rings. The van der Waals surface area contributed by atoms with Crippen LogP contribution in [0.2, 0.25) is 5.15 Å². The molecule has 17 heavy (non-hydrogen) atoms. The lowest BCUT2D eigenvalue weighted by Crippen LogP contribution is -2.41. The van der Waals surface area contributed by atoms with Crippen molar-refractivity contribution in [3.8, 4) is 0 Å². The Morgan fingerprint density at radius 2 is 2.29 bits per heavy atom.